The SMILES string of the molecule is CCOC(=O)C1C(C)=NN=C1N. The number of carbonyl (C=O) groups excluding carboxylic acids is 1. The Morgan fingerprint density at radius 2 is 2.33 bits per heavy atom. The molecule has 0 spiro atoms. The van der Waals surface area contributed by atoms with E-state index >= 15 is 0 Å². The Hall–Kier alpha value is -1.39. The van der Waals surface area contributed by atoms with Gasteiger partial charge in [0.1, 0.15) is 5.84 Å². The predicted octanol–water partition coefficient (Wildman–Crippen LogP) is -0.0876. The maximum Gasteiger partial charge on any atom is 0.322 e. The first-order chi connectivity index (χ1) is 5.66. The van der Waals surface area contributed by atoms with Crippen molar-refractivity contribution in [3.63, 3.8) is 0 Å². The largest absolute Gasteiger partial charge is 0.465 e. The van der Waals surface area contributed by atoms with Crippen LogP contribution in [0, 0.1) is 5.92 Å². The summed E-state index contributed by atoms with van der Waals surface area (Å²) in [6.45, 7) is 3.79. The minimum absolute atomic E-state index is 0.214. The second kappa shape index (κ2) is 3.34. The van der Waals surface area contributed by atoms with Gasteiger partial charge in [0.05, 0.1) is 12.3 Å². The maximum atomic E-state index is 11.2. The Labute approximate surface area is 70.3 Å². The van der Waals surface area contributed by atoms with E-state index in [-0.39, 0.29) is 11.8 Å². The van der Waals surface area contributed by atoms with Gasteiger partial charge in [-0.3, -0.25) is 4.79 Å². The van der Waals surface area contributed by atoms with Crippen LogP contribution in [0.3, 0.4) is 0 Å². The van der Waals surface area contributed by atoms with Crippen molar-refractivity contribution in [2.45, 2.75) is 13.8 Å². The van der Waals surface area contributed by atoms with Crippen LogP contribution in [-0.2, 0) is 9.53 Å². The van der Waals surface area contributed by atoms with E-state index in [4.69, 9.17) is 10.5 Å². The van der Waals surface area contributed by atoms with E-state index in [2.05, 4.69) is 10.2 Å². The molecule has 0 saturated carbocycles. The number of rotatable bonds is 2. The molecule has 5 nitrogen and oxygen atoms in total. The highest BCUT2D eigenvalue weighted by Crippen LogP contribution is 2.10. The molecule has 1 rings (SSSR count). The van der Waals surface area contributed by atoms with Crippen molar-refractivity contribution in [2.75, 3.05) is 6.61 Å². The van der Waals surface area contributed by atoms with E-state index in [1.807, 2.05) is 0 Å². The summed E-state index contributed by atoms with van der Waals surface area (Å²) in [6, 6.07) is 0. The van der Waals surface area contributed by atoms with Crippen molar-refractivity contribution in [3.8, 4) is 0 Å². The first kappa shape index (κ1) is 8.70. The lowest BCUT2D eigenvalue weighted by molar-refractivity contribution is -0.143. The molecule has 0 aromatic rings. The lowest BCUT2D eigenvalue weighted by atomic mass is 10.1. The zero-order valence-electron chi connectivity index (χ0n) is 7.07. The second-order valence-electron chi connectivity index (χ2n) is 2.45. The van der Waals surface area contributed by atoms with Gasteiger partial charge in [0.2, 0.25) is 0 Å². The molecule has 0 aromatic heterocycles. The number of nitrogens with two attached hydrogens (primary N) is 1. The monoisotopic (exact) mass is 169 g/mol. The summed E-state index contributed by atoms with van der Waals surface area (Å²) < 4.78 is 4.79. The van der Waals surface area contributed by atoms with Gasteiger partial charge in [-0.05, 0) is 13.8 Å². The van der Waals surface area contributed by atoms with E-state index in [1.165, 1.54) is 0 Å². The zero-order valence-corrected chi connectivity index (χ0v) is 7.07. The van der Waals surface area contributed by atoms with Crippen molar-refractivity contribution < 1.29 is 9.53 Å². The summed E-state index contributed by atoms with van der Waals surface area (Å²) in [5, 5.41) is 7.26. The molecule has 0 aliphatic carbocycles. The highest BCUT2D eigenvalue weighted by atomic mass is 16.5. The Bertz CT molecular complexity index is 239. The minimum Gasteiger partial charge on any atom is -0.465 e. The molecule has 0 saturated heterocycles. The van der Waals surface area contributed by atoms with Crippen molar-refractivity contribution >= 4 is 17.5 Å². The van der Waals surface area contributed by atoms with Crippen LogP contribution < -0.4 is 5.73 Å². The first-order valence-electron chi connectivity index (χ1n) is 3.71. The Balaban J connectivity index is 2.68. The predicted molar refractivity (Wildman–Crippen MR) is 44.9 cm³/mol. The summed E-state index contributed by atoms with van der Waals surface area (Å²) in [7, 11) is 0. The topological polar surface area (TPSA) is 77.0 Å². The van der Waals surface area contributed by atoms with E-state index in [9.17, 15) is 4.79 Å². The summed E-state index contributed by atoms with van der Waals surface area (Å²) in [4.78, 5) is 11.2. The van der Waals surface area contributed by atoms with Crippen LogP contribution in [0.15, 0.2) is 10.2 Å². The van der Waals surface area contributed by atoms with Crippen LogP contribution in [0.2, 0.25) is 0 Å². The molecule has 1 heterocycles. The molecule has 0 aromatic carbocycles. The van der Waals surface area contributed by atoms with E-state index in [1.54, 1.807) is 13.8 Å². The molecule has 1 atom stereocenters. The lowest BCUT2D eigenvalue weighted by Gasteiger charge is -2.08. The van der Waals surface area contributed by atoms with Crippen molar-refractivity contribution in [1.82, 2.24) is 0 Å². The highest BCUT2D eigenvalue weighted by Gasteiger charge is 2.30. The number of esters is 1. The summed E-state index contributed by atoms with van der Waals surface area (Å²) in [5.41, 5.74) is 6.02. The third-order valence-corrected chi connectivity index (χ3v) is 1.56. The molecule has 66 valence electrons. The van der Waals surface area contributed by atoms with Crippen LogP contribution in [-0.4, -0.2) is 24.1 Å². The molecule has 0 radical (unpaired) electrons. The van der Waals surface area contributed by atoms with Gasteiger partial charge in [-0.2, -0.15) is 5.10 Å². The number of amidine groups is 1. The van der Waals surface area contributed by atoms with E-state index < -0.39 is 5.92 Å². The minimum atomic E-state index is -0.565. The van der Waals surface area contributed by atoms with Gasteiger partial charge >= 0.3 is 5.97 Å². The average molecular weight is 169 g/mol. The van der Waals surface area contributed by atoms with Crippen LogP contribution in [0.4, 0.5) is 0 Å². The highest BCUT2D eigenvalue weighted by molar-refractivity contribution is 6.20. The number of ether oxygens (including phenoxy) is 1. The van der Waals surface area contributed by atoms with Gasteiger partial charge in [0.25, 0.3) is 0 Å². The fraction of sp³-hybridized carbons (Fsp3) is 0.571. The molecule has 2 N–H and O–H groups in total. The molecule has 1 aliphatic rings. The fourth-order valence-electron chi connectivity index (χ4n) is 0.983. The average Bonchev–Trinajstić information content (AvgIpc) is 2.32. The molecular weight excluding hydrogens is 158 g/mol. The molecule has 0 amide bonds. The summed E-state index contributed by atoms with van der Waals surface area (Å²) >= 11 is 0. The van der Waals surface area contributed by atoms with Crippen molar-refractivity contribution in [3.05, 3.63) is 0 Å². The smallest absolute Gasteiger partial charge is 0.322 e. The molecule has 1 aliphatic heterocycles. The van der Waals surface area contributed by atoms with E-state index in [0.717, 1.165) is 0 Å². The Morgan fingerprint density at radius 1 is 1.67 bits per heavy atom. The maximum absolute atomic E-state index is 11.2. The van der Waals surface area contributed by atoms with Gasteiger partial charge in [0, 0.05) is 0 Å². The summed E-state index contributed by atoms with van der Waals surface area (Å²) in [6.07, 6.45) is 0. The van der Waals surface area contributed by atoms with Crippen molar-refractivity contribution in [1.29, 1.82) is 0 Å². The molecule has 1 unspecified atom stereocenters. The molecule has 0 bridgehead atoms. The molecular formula is C7H11N3O2. The van der Waals surface area contributed by atoms with Crippen LogP contribution >= 0.6 is 0 Å². The lowest BCUT2D eigenvalue weighted by Crippen LogP contribution is -2.34. The van der Waals surface area contributed by atoms with Gasteiger partial charge in [-0.1, -0.05) is 0 Å². The van der Waals surface area contributed by atoms with Gasteiger partial charge in [0.15, 0.2) is 5.92 Å². The van der Waals surface area contributed by atoms with Gasteiger partial charge < -0.3 is 10.5 Å². The number of carbonyl (C=O) groups is 1. The van der Waals surface area contributed by atoms with Crippen molar-refractivity contribution in [2.24, 2.45) is 21.9 Å². The molecule has 0 fully saturated rings. The second-order valence-corrected chi connectivity index (χ2v) is 2.45. The third kappa shape index (κ3) is 1.44. The number of hydrogen-bond donors (Lipinski definition) is 1. The molecule has 5 heteroatoms. The van der Waals surface area contributed by atoms with Crippen LogP contribution in [0.25, 0.3) is 0 Å². The van der Waals surface area contributed by atoms with Gasteiger partial charge in [-0.25, -0.2) is 0 Å². The number of nitrogens with zero attached hydrogens (tertiary/aromatic N) is 2. The standard InChI is InChI=1S/C7H11N3O2/c1-3-12-7(11)5-4(2)9-10-6(5)8/h5H,3H2,1-2H3,(H2,8,10). The van der Waals surface area contributed by atoms with Crippen LogP contribution in [0.5, 0.6) is 0 Å². The zero-order chi connectivity index (χ0) is 9.14. The van der Waals surface area contributed by atoms with E-state index in [0.29, 0.717) is 12.3 Å². The molecule has 12 heavy (non-hydrogen) atoms. The third-order valence-electron chi connectivity index (χ3n) is 1.56. The first-order valence-corrected chi connectivity index (χ1v) is 3.71. The quantitative estimate of drug-likeness (QED) is 0.587. The normalized spacial score (nSPS) is 21.7. The Kier molecular flexibility index (Phi) is 2.42. The van der Waals surface area contributed by atoms with Crippen LogP contribution in [0.1, 0.15) is 13.8 Å². The summed E-state index contributed by atoms with van der Waals surface area (Å²) in [5.74, 6) is -0.728. The Morgan fingerprint density at radius 3 is 2.75 bits per heavy atom. The van der Waals surface area contributed by atoms with Gasteiger partial charge in [-0.15, -0.1) is 5.10 Å². The number of hydrogen-bond acceptors (Lipinski definition) is 5. The fourth-order valence-corrected chi connectivity index (χ4v) is 0.983.